The first-order valence-electron chi connectivity index (χ1n) is 5.35. The Bertz CT molecular complexity index is 326. The number of hydrazine groups is 1. The summed E-state index contributed by atoms with van der Waals surface area (Å²) >= 11 is 1.77. The summed E-state index contributed by atoms with van der Waals surface area (Å²) in [5.74, 6) is 6.17. The van der Waals surface area contributed by atoms with E-state index in [0.717, 1.165) is 13.0 Å². The predicted molar refractivity (Wildman–Crippen MR) is 62.6 cm³/mol. The van der Waals surface area contributed by atoms with Gasteiger partial charge in [-0.25, -0.2) is 0 Å². The van der Waals surface area contributed by atoms with Gasteiger partial charge in [-0.1, -0.05) is 0 Å². The largest absolute Gasteiger partial charge is 0.378 e. The Balaban J connectivity index is 2.20. The van der Waals surface area contributed by atoms with Gasteiger partial charge in [-0.3, -0.25) is 11.3 Å². The topological polar surface area (TPSA) is 47.3 Å². The fourth-order valence-electron chi connectivity index (χ4n) is 2.28. The van der Waals surface area contributed by atoms with Crippen molar-refractivity contribution >= 4 is 11.3 Å². The van der Waals surface area contributed by atoms with Crippen molar-refractivity contribution in [3.63, 3.8) is 0 Å². The summed E-state index contributed by atoms with van der Waals surface area (Å²) in [7, 11) is 0. The maximum absolute atomic E-state index is 5.68. The molecule has 1 aromatic rings. The van der Waals surface area contributed by atoms with Crippen LogP contribution in [-0.4, -0.2) is 12.7 Å². The molecular weight excluding hydrogens is 208 g/mol. The quantitative estimate of drug-likeness (QED) is 0.612. The van der Waals surface area contributed by atoms with E-state index in [9.17, 15) is 0 Å². The molecule has 0 spiro atoms. The fourth-order valence-corrected chi connectivity index (χ4v) is 3.34. The molecule has 4 heteroatoms. The van der Waals surface area contributed by atoms with Gasteiger partial charge >= 0.3 is 0 Å². The van der Waals surface area contributed by atoms with Crippen LogP contribution in [0, 0.1) is 12.8 Å². The third-order valence-electron chi connectivity index (χ3n) is 3.23. The van der Waals surface area contributed by atoms with Gasteiger partial charge in [-0.2, -0.15) is 0 Å². The molecule has 84 valence electrons. The summed E-state index contributed by atoms with van der Waals surface area (Å²) in [6, 6.07) is 2.38. The zero-order valence-corrected chi connectivity index (χ0v) is 10.0. The minimum absolute atomic E-state index is 0.238. The minimum atomic E-state index is 0.238. The average molecular weight is 226 g/mol. The minimum Gasteiger partial charge on any atom is -0.378 e. The lowest BCUT2D eigenvalue weighted by Crippen LogP contribution is -2.36. The van der Waals surface area contributed by atoms with Gasteiger partial charge in [0, 0.05) is 17.4 Å². The van der Waals surface area contributed by atoms with Gasteiger partial charge in [0.05, 0.1) is 12.1 Å². The molecule has 0 aromatic carbocycles. The maximum atomic E-state index is 5.68. The van der Waals surface area contributed by atoms with Crippen LogP contribution in [0.3, 0.4) is 0 Å². The molecule has 0 amide bonds. The summed E-state index contributed by atoms with van der Waals surface area (Å²) < 4.78 is 5.60. The molecule has 0 bridgehead atoms. The van der Waals surface area contributed by atoms with Crippen molar-refractivity contribution in [3.8, 4) is 0 Å². The molecule has 1 aromatic heterocycles. The first-order chi connectivity index (χ1) is 7.24. The van der Waals surface area contributed by atoms with Gasteiger partial charge in [-0.15, -0.1) is 11.3 Å². The van der Waals surface area contributed by atoms with Gasteiger partial charge in [0.15, 0.2) is 0 Å². The summed E-state index contributed by atoms with van der Waals surface area (Å²) in [5, 5.41) is 2.12. The van der Waals surface area contributed by atoms with Crippen LogP contribution in [0.2, 0.25) is 0 Å². The average Bonchev–Trinajstić information content (AvgIpc) is 2.80. The lowest BCUT2D eigenvalue weighted by atomic mass is 9.91. The normalized spacial score (nSPS) is 28.2. The van der Waals surface area contributed by atoms with Crippen LogP contribution in [0.4, 0.5) is 0 Å². The van der Waals surface area contributed by atoms with Crippen molar-refractivity contribution in [2.75, 3.05) is 6.61 Å². The smallest absolute Gasteiger partial charge is 0.0609 e. The SMILES string of the molecule is Cc1ccsc1C(NN)C1CCOC1C. The number of rotatable bonds is 3. The van der Waals surface area contributed by atoms with E-state index in [2.05, 4.69) is 30.7 Å². The lowest BCUT2D eigenvalue weighted by Gasteiger charge is -2.24. The number of nitrogens with one attached hydrogen (secondary N) is 1. The number of ether oxygens (including phenoxy) is 1. The van der Waals surface area contributed by atoms with Gasteiger partial charge < -0.3 is 4.74 Å². The third kappa shape index (κ3) is 2.08. The van der Waals surface area contributed by atoms with Crippen molar-refractivity contribution in [1.82, 2.24) is 5.43 Å². The van der Waals surface area contributed by atoms with Crippen molar-refractivity contribution < 1.29 is 4.74 Å². The lowest BCUT2D eigenvalue weighted by molar-refractivity contribution is 0.0957. The molecule has 1 saturated heterocycles. The van der Waals surface area contributed by atoms with Gasteiger partial charge in [-0.05, 0) is 37.3 Å². The standard InChI is InChI=1S/C11H18N2OS/c1-7-4-6-15-11(7)10(13-12)9-3-5-14-8(9)2/h4,6,8-10,13H,3,5,12H2,1-2H3. The second-order valence-electron chi connectivity index (χ2n) is 4.14. The van der Waals surface area contributed by atoms with Crippen LogP contribution < -0.4 is 11.3 Å². The summed E-state index contributed by atoms with van der Waals surface area (Å²) in [6.45, 7) is 5.12. The second kappa shape index (κ2) is 4.61. The highest BCUT2D eigenvalue weighted by atomic mass is 32.1. The van der Waals surface area contributed by atoms with Gasteiger partial charge in [0.2, 0.25) is 0 Å². The second-order valence-corrected chi connectivity index (χ2v) is 5.09. The summed E-state index contributed by atoms with van der Waals surface area (Å²) in [5.41, 5.74) is 4.27. The van der Waals surface area contributed by atoms with E-state index in [1.807, 2.05) is 0 Å². The molecule has 1 fully saturated rings. The Hall–Kier alpha value is -0.420. The number of hydrogen-bond acceptors (Lipinski definition) is 4. The van der Waals surface area contributed by atoms with E-state index in [4.69, 9.17) is 10.6 Å². The Morgan fingerprint density at radius 3 is 2.93 bits per heavy atom. The molecule has 2 heterocycles. The van der Waals surface area contributed by atoms with Crippen LogP contribution >= 0.6 is 11.3 Å². The highest BCUT2D eigenvalue weighted by molar-refractivity contribution is 7.10. The van der Waals surface area contributed by atoms with Crippen LogP contribution in [0.25, 0.3) is 0 Å². The van der Waals surface area contributed by atoms with Crippen molar-refractivity contribution in [1.29, 1.82) is 0 Å². The van der Waals surface area contributed by atoms with E-state index >= 15 is 0 Å². The van der Waals surface area contributed by atoms with Crippen molar-refractivity contribution in [2.24, 2.45) is 11.8 Å². The molecule has 0 aliphatic carbocycles. The zero-order valence-electron chi connectivity index (χ0n) is 9.19. The summed E-state index contributed by atoms with van der Waals surface area (Å²) in [4.78, 5) is 1.35. The number of hydrogen-bond donors (Lipinski definition) is 2. The van der Waals surface area contributed by atoms with Crippen molar-refractivity contribution in [2.45, 2.75) is 32.4 Å². The molecular formula is C11H18N2OS. The van der Waals surface area contributed by atoms with Crippen molar-refractivity contribution in [3.05, 3.63) is 21.9 Å². The highest BCUT2D eigenvalue weighted by Gasteiger charge is 2.33. The van der Waals surface area contributed by atoms with Crippen LogP contribution in [0.5, 0.6) is 0 Å². The molecule has 3 unspecified atom stereocenters. The van der Waals surface area contributed by atoms with Gasteiger partial charge in [0.25, 0.3) is 0 Å². The Morgan fingerprint density at radius 2 is 2.47 bits per heavy atom. The van der Waals surface area contributed by atoms with Gasteiger partial charge in [0.1, 0.15) is 0 Å². The molecule has 0 radical (unpaired) electrons. The van der Waals surface area contributed by atoms with Crippen LogP contribution in [0.15, 0.2) is 11.4 Å². The molecule has 1 aliphatic rings. The first-order valence-corrected chi connectivity index (χ1v) is 6.23. The van der Waals surface area contributed by atoms with Crippen LogP contribution in [-0.2, 0) is 4.74 Å². The molecule has 2 rings (SSSR count). The number of thiophene rings is 1. The summed E-state index contributed by atoms with van der Waals surface area (Å²) in [6.07, 6.45) is 1.39. The highest BCUT2D eigenvalue weighted by Crippen LogP contribution is 2.36. The number of aryl methyl sites for hydroxylation is 1. The van der Waals surface area contributed by atoms with E-state index < -0.39 is 0 Å². The molecule has 3 N–H and O–H groups in total. The Morgan fingerprint density at radius 1 is 1.67 bits per heavy atom. The molecule has 15 heavy (non-hydrogen) atoms. The molecule has 3 nitrogen and oxygen atoms in total. The molecule has 1 aliphatic heterocycles. The van der Waals surface area contributed by atoms with E-state index in [1.165, 1.54) is 10.4 Å². The monoisotopic (exact) mass is 226 g/mol. The van der Waals surface area contributed by atoms with E-state index in [-0.39, 0.29) is 6.04 Å². The van der Waals surface area contributed by atoms with E-state index in [0.29, 0.717) is 12.0 Å². The third-order valence-corrected chi connectivity index (χ3v) is 4.33. The Kier molecular flexibility index (Phi) is 3.41. The molecule has 0 saturated carbocycles. The number of nitrogens with two attached hydrogens (primary N) is 1. The zero-order chi connectivity index (χ0) is 10.8. The maximum Gasteiger partial charge on any atom is 0.0609 e. The Labute approximate surface area is 94.6 Å². The molecule has 3 atom stereocenters. The van der Waals surface area contributed by atoms with E-state index in [1.54, 1.807) is 11.3 Å². The fraction of sp³-hybridized carbons (Fsp3) is 0.636. The van der Waals surface area contributed by atoms with Crippen LogP contribution in [0.1, 0.15) is 29.8 Å². The predicted octanol–water partition coefficient (Wildman–Crippen LogP) is 1.99. The first kappa shape index (κ1) is 11.1.